The van der Waals surface area contributed by atoms with Crippen molar-refractivity contribution in [2.24, 2.45) is 14.1 Å². The van der Waals surface area contributed by atoms with Crippen molar-refractivity contribution in [3.8, 4) is 22.9 Å². The normalized spacial score (nSPS) is 11.2. The molecule has 0 saturated heterocycles. The second kappa shape index (κ2) is 8.72. The highest BCUT2D eigenvalue weighted by Crippen LogP contribution is 2.28. The molecule has 0 atom stereocenters. The van der Waals surface area contributed by atoms with Gasteiger partial charge in [-0.3, -0.25) is 23.5 Å². The molecule has 5 rings (SSSR count). The van der Waals surface area contributed by atoms with Gasteiger partial charge in [-0.25, -0.2) is 4.79 Å². The maximum absolute atomic E-state index is 13.1. The Kier molecular flexibility index (Phi) is 5.56. The lowest BCUT2D eigenvalue weighted by Gasteiger charge is -2.11. The maximum atomic E-state index is 13.1. The van der Waals surface area contributed by atoms with Crippen LogP contribution in [0.5, 0.6) is 11.8 Å². The fourth-order valence-electron chi connectivity index (χ4n) is 4.19. The number of aryl methyl sites for hydroxylation is 3. The molecule has 0 N–H and O–H groups in total. The summed E-state index contributed by atoms with van der Waals surface area (Å²) in [5.74, 6) is 0.571. The van der Waals surface area contributed by atoms with Crippen LogP contribution in [-0.4, -0.2) is 23.7 Å². The number of ether oxygens (including phenoxy) is 1. The van der Waals surface area contributed by atoms with Crippen LogP contribution < -0.4 is 16.0 Å². The Hall–Kier alpha value is -4.46. The van der Waals surface area contributed by atoms with Crippen molar-refractivity contribution in [1.82, 2.24) is 23.7 Å². The lowest BCUT2D eigenvalue weighted by molar-refractivity contribution is 0.421. The van der Waals surface area contributed by atoms with E-state index >= 15 is 0 Å². The summed E-state index contributed by atoms with van der Waals surface area (Å²) in [5.41, 5.74) is 4.89. The lowest BCUT2D eigenvalue weighted by atomic mass is 10.1. The minimum atomic E-state index is -0.439. The van der Waals surface area contributed by atoms with E-state index in [1.54, 1.807) is 17.8 Å². The summed E-state index contributed by atoms with van der Waals surface area (Å²) in [5, 5.41) is 0. The van der Waals surface area contributed by atoms with Gasteiger partial charge in [0.05, 0.1) is 6.54 Å². The number of rotatable bonds is 5. The summed E-state index contributed by atoms with van der Waals surface area (Å²) >= 11 is 0. The molecule has 0 fully saturated rings. The molecular weight excluding hydrogens is 442 g/mol. The minimum absolute atomic E-state index is 0.243. The molecule has 0 aliphatic rings. The topological polar surface area (TPSA) is 83.9 Å². The van der Waals surface area contributed by atoms with E-state index in [0.29, 0.717) is 17.8 Å². The number of nitrogens with zero attached hydrogens (tertiary/aromatic N) is 5. The van der Waals surface area contributed by atoms with E-state index in [0.717, 1.165) is 32.5 Å². The molecule has 0 radical (unpaired) electrons. The zero-order chi connectivity index (χ0) is 24.7. The molecule has 8 nitrogen and oxygen atoms in total. The van der Waals surface area contributed by atoms with Crippen LogP contribution in [0, 0.1) is 13.8 Å². The van der Waals surface area contributed by atoms with Crippen LogP contribution in [0.3, 0.4) is 0 Å². The largest absolute Gasteiger partial charge is 0.425 e. The molecule has 0 aliphatic heterocycles. The predicted molar refractivity (Wildman–Crippen MR) is 135 cm³/mol. The average molecular weight is 468 g/mol. The van der Waals surface area contributed by atoms with Gasteiger partial charge in [0.1, 0.15) is 5.75 Å². The summed E-state index contributed by atoms with van der Waals surface area (Å²) in [6, 6.07) is 19.9. The second-order valence-electron chi connectivity index (χ2n) is 8.66. The number of benzene rings is 2. The Bertz CT molecular complexity index is 1680. The van der Waals surface area contributed by atoms with Crippen molar-refractivity contribution in [2.45, 2.75) is 20.4 Å². The molecule has 0 saturated carbocycles. The SMILES string of the molecule is Cc1cccc(Cn2c(Oc3ccc(-c4ccnc(C)c4)cc3)nc3c2c(=O)n(C)c(=O)n3C)c1. The smallest absolute Gasteiger partial charge is 0.332 e. The first kappa shape index (κ1) is 22.3. The van der Waals surface area contributed by atoms with Crippen molar-refractivity contribution in [3.05, 3.63) is 105 Å². The molecule has 0 unspecified atom stereocenters. The van der Waals surface area contributed by atoms with Crippen LogP contribution in [0.2, 0.25) is 0 Å². The van der Waals surface area contributed by atoms with Crippen molar-refractivity contribution < 1.29 is 4.74 Å². The molecule has 0 aliphatic carbocycles. The standard InChI is InChI=1S/C27H25N5O3/c1-17-6-5-7-19(14-17)16-32-23-24(30(3)27(34)31(4)25(23)33)29-26(32)35-22-10-8-20(9-11-22)21-12-13-28-18(2)15-21/h5-15H,16H2,1-4H3. The van der Waals surface area contributed by atoms with Crippen molar-refractivity contribution in [3.63, 3.8) is 0 Å². The molecule has 5 aromatic rings. The van der Waals surface area contributed by atoms with Crippen molar-refractivity contribution in [2.75, 3.05) is 0 Å². The number of fused-ring (bicyclic) bond motifs is 1. The summed E-state index contributed by atoms with van der Waals surface area (Å²) in [4.78, 5) is 34.4. The first-order valence-corrected chi connectivity index (χ1v) is 11.2. The second-order valence-corrected chi connectivity index (χ2v) is 8.66. The molecule has 0 bridgehead atoms. The van der Waals surface area contributed by atoms with Crippen LogP contribution >= 0.6 is 0 Å². The van der Waals surface area contributed by atoms with Crippen LogP contribution in [0.15, 0.2) is 76.4 Å². The van der Waals surface area contributed by atoms with Gasteiger partial charge < -0.3 is 4.74 Å². The van der Waals surface area contributed by atoms with Gasteiger partial charge in [-0.05, 0) is 54.8 Å². The van der Waals surface area contributed by atoms with E-state index in [4.69, 9.17) is 4.74 Å². The highest BCUT2D eigenvalue weighted by atomic mass is 16.5. The fourth-order valence-corrected chi connectivity index (χ4v) is 4.19. The predicted octanol–water partition coefficient (Wildman–Crippen LogP) is 3.95. The fraction of sp³-hybridized carbons (Fsp3) is 0.185. The van der Waals surface area contributed by atoms with Gasteiger partial charge in [-0.1, -0.05) is 42.0 Å². The zero-order valence-electron chi connectivity index (χ0n) is 20.0. The molecule has 2 aromatic carbocycles. The van der Waals surface area contributed by atoms with E-state index in [9.17, 15) is 9.59 Å². The van der Waals surface area contributed by atoms with Crippen molar-refractivity contribution >= 4 is 11.2 Å². The molecule has 3 aromatic heterocycles. The molecule has 0 spiro atoms. The van der Waals surface area contributed by atoms with Crippen LogP contribution in [0.25, 0.3) is 22.3 Å². The molecule has 0 amide bonds. The summed E-state index contributed by atoms with van der Waals surface area (Å²) in [7, 11) is 3.07. The van der Waals surface area contributed by atoms with Crippen molar-refractivity contribution in [1.29, 1.82) is 0 Å². The van der Waals surface area contributed by atoms with Gasteiger partial charge in [-0.15, -0.1) is 0 Å². The van der Waals surface area contributed by atoms with E-state index in [-0.39, 0.29) is 11.7 Å². The third-order valence-corrected chi connectivity index (χ3v) is 6.03. The minimum Gasteiger partial charge on any atom is -0.425 e. The zero-order valence-corrected chi connectivity index (χ0v) is 20.0. The van der Waals surface area contributed by atoms with Gasteiger partial charge in [0, 0.05) is 26.0 Å². The number of aromatic nitrogens is 5. The molecule has 35 heavy (non-hydrogen) atoms. The molecular formula is C27H25N5O3. The Morgan fingerprint density at radius 3 is 2.37 bits per heavy atom. The Morgan fingerprint density at radius 1 is 0.886 bits per heavy atom. The Morgan fingerprint density at radius 2 is 1.66 bits per heavy atom. The Labute approximate surface area is 201 Å². The highest BCUT2D eigenvalue weighted by Gasteiger charge is 2.21. The third-order valence-electron chi connectivity index (χ3n) is 6.03. The van der Waals surface area contributed by atoms with Gasteiger partial charge in [0.15, 0.2) is 11.2 Å². The van der Waals surface area contributed by atoms with Gasteiger partial charge >= 0.3 is 11.7 Å². The first-order valence-electron chi connectivity index (χ1n) is 11.2. The molecule has 176 valence electrons. The Balaban J connectivity index is 1.60. The summed E-state index contributed by atoms with van der Waals surface area (Å²) in [6.07, 6.45) is 1.79. The monoisotopic (exact) mass is 467 g/mol. The van der Waals surface area contributed by atoms with Crippen LogP contribution in [0.1, 0.15) is 16.8 Å². The van der Waals surface area contributed by atoms with Crippen LogP contribution in [0.4, 0.5) is 0 Å². The first-order chi connectivity index (χ1) is 16.8. The van der Waals surface area contributed by atoms with E-state index in [1.165, 1.54) is 11.6 Å². The number of hydrogen-bond donors (Lipinski definition) is 0. The highest BCUT2D eigenvalue weighted by molar-refractivity contribution is 5.72. The molecule has 8 heteroatoms. The number of pyridine rings is 1. The maximum Gasteiger partial charge on any atom is 0.332 e. The third kappa shape index (κ3) is 4.14. The van der Waals surface area contributed by atoms with E-state index in [1.807, 2.05) is 74.5 Å². The van der Waals surface area contributed by atoms with Crippen LogP contribution in [-0.2, 0) is 20.6 Å². The lowest BCUT2D eigenvalue weighted by Crippen LogP contribution is -2.37. The number of hydrogen-bond acceptors (Lipinski definition) is 5. The van der Waals surface area contributed by atoms with E-state index < -0.39 is 11.2 Å². The van der Waals surface area contributed by atoms with Gasteiger partial charge in [0.2, 0.25) is 0 Å². The average Bonchev–Trinajstić information content (AvgIpc) is 3.19. The summed E-state index contributed by atoms with van der Waals surface area (Å²) in [6.45, 7) is 4.34. The molecule has 3 heterocycles. The quantitative estimate of drug-likeness (QED) is 0.391. The van der Waals surface area contributed by atoms with Gasteiger partial charge in [0.25, 0.3) is 5.56 Å². The summed E-state index contributed by atoms with van der Waals surface area (Å²) < 4.78 is 10.4. The van der Waals surface area contributed by atoms with Gasteiger partial charge in [-0.2, -0.15) is 4.98 Å². The number of imidazole rings is 1. The van der Waals surface area contributed by atoms with E-state index in [2.05, 4.69) is 9.97 Å².